The molecule has 0 saturated carbocycles. The van der Waals surface area contributed by atoms with Crippen LogP contribution < -0.4 is 5.32 Å². The summed E-state index contributed by atoms with van der Waals surface area (Å²) < 4.78 is 12.4. The normalized spacial score (nSPS) is 20.8. The van der Waals surface area contributed by atoms with Crippen molar-refractivity contribution in [3.63, 3.8) is 0 Å². The topological polar surface area (TPSA) is 103 Å². The number of hydrogen-bond donors (Lipinski definition) is 2. The summed E-state index contributed by atoms with van der Waals surface area (Å²) in [5.74, 6) is -1.22. The number of rotatable bonds is 7. The summed E-state index contributed by atoms with van der Waals surface area (Å²) in [6, 6.07) is -0.354. The fraction of sp³-hybridized carbons (Fsp3) is 0.688. The van der Waals surface area contributed by atoms with Gasteiger partial charge in [-0.05, 0) is 32.3 Å². The largest absolute Gasteiger partial charge is 0.480 e. The molecule has 8 nitrogen and oxygen atoms in total. The van der Waals surface area contributed by atoms with E-state index in [1.807, 2.05) is 13.8 Å². The molecule has 134 valence electrons. The first-order chi connectivity index (χ1) is 11.4. The lowest BCUT2D eigenvalue weighted by atomic mass is 10.1. The van der Waals surface area contributed by atoms with Gasteiger partial charge >= 0.3 is 5.97 Å². The van der Waals surface area contributed by atoms with Crippen LogP contribution >= 0.6 is 0 Å². The minimum Gasteiger partial charge on any atom is -0.480 e. The van der Waals surface area contributed by atoms with Crippen molar-refractivity contribution in [2.24, 2.45) is 0 Å². The van der Waals surface area contributed by atoms with Crippen LogP contribution in [0.3, 0.4) is 0 Å². The Morgan fingerprint density at radius 3 is 2.83 bits per heavy atom. The van der Waals surface area contributed by atoms with Gasteiger partial charge in [-0.3, -0.25) is 9.48 Å². The number of carboxylic acids is 1. The first kappa shape index (κ1) is 18.4. The summed E-state index contributed by atoms with van der Waals surface area (Å²) in [5.41, 5.74) is 3.08. The van der Waals surface area contributed by atoms with Gasteiger partial charge in [-0.15, -0.1) is 0 Å². The van der Waals surface area contributed by atoms with Crippen LogP contribution in [0.4, 0.5) is 0 Å². The maximum absolute atomic E-state index is 12.3. The van der Waals surface area contributed by atoms with Gasteiger partial charge in [0.2, 0.25) is 5.91 Å². The molecule has 2 heterocycles. The van der Waals surface area contributed by atoms with Gasteiger partial charge in [-0.2, -0.15) is 5.10 Å². The van der Waals surface area contributed by atoms with E-state index in [-0.39, 0.29) is 31.2 Å². The van der Waals surface area contributed by atoms with E-state index in [0.717, 1.165) is 23.4 Å². The monoisotopic (exact) mass is 339 g/mol. The van der Waals surface area contributed by atoms with Crippen LogP contribution in [0.15, 0.2) is 0 Å². The summed E-state index contributed by atoms with van der Waals surface area (Å²) in [6.07, 6.45) is 1.07. The maximum atomic E-state index is 12.3. The Hall–Kier alpha value is -1.93. The van der Waals surface area contributed by atoms with Crippen LogP contribution in [0, 0.1) is 13.8 Å². The van der Waals surface area contributed by atoms with Crippen molar-refractivity contribution in [1.82, 2.24) is 15.1 Å². The van der Waals surface area contributed by atoms with Crippen LogP contribution in [0.5, 0.6) is 0 Å². The van der Waals surface area contributed by atoms with Gasteiger partial charge in [0, 0.05) is 12.3 Å². The number of aromatic nitrogens is 2. The number of carbonyl (C=O) groups excluding carboxylic acids is 1. The summed E-state index contributed by atoms with van der Waals surface area (Å²) in [6.45, 7) is 6.50. The number of carbonyl (C=O) groups is 2. The Morgan fingerprint density at radius 1 is 1.46 bits per heavy atom. The van der Waals surface area contributed by atoms with Gasteiger partial charge in [0.05, 0.1) is 24.4 Å². The molecule has 1 aromatic heterocycles. The summed E-state index contributed by atoms with van der Waals surface area (Å²) in [7, 11) is 0. The molecule has 0 aromatic carbocycles. The summed E-state index contributed by atoms with van der Waals surface area (Å²) >= 11 is 0. The van der Waals surface area contributed by atoms with E-state index in [1.54, 1.807) is 4.68 Å². The van der Waals surface area contributed by atoms with Crippen LogP contribution in [0.25, 0.3) is 0 Å². The zero-order valence-electron chi connectivity index (χ0n) is 14.4. The molecule has 2 atom stereocenters. The number of aryl methyl sites for hydroxylation is 1. The minimum absolute atomic E-state index is 0.120. The second-order valence-electron chi connectivity index (χ2n) is 5.94. The molecular formula is C16H25N3O5. The fourth-order valence-electron chi connectivity index (χ4n) is 3.02. The number of hydrogen-bond acceptors (Lipinski definition) is 5. The fourth-order valence-corrected chi connectivity index (χ4v) is 3.02. The van der Waals surface area contributed by atoms with Gasteiger partial charge in [0.15, 0.2) is 0 Å². The number of carboxylic acid groups (broad SMARTS) is 1. The van der Waals surface area contributed by atoms with Gasteiger partial charge in [0.25, 0.3) is 0 Å². The molecule has 2 rings (SSSR count). The minimum atomic E-state index is -1.03. The number of nitrogens with one attached hydrogen (secondary N) is 1. The third-order valence-corrected chi connectivity index (χ3v) is 4.24. The van der Waals surface area contributed by atoms with E-state index in [1.165, 1.54) is 0 Å². The summed E-state index contributed by atoms with van der Waals surface area (Å²) in [4.78, 5) is 23.0. The predicted molar refractivity (Wildman–Crippen MR) is 85.8 cm³/mol. The Kier molecular flexibility index (Phi) is 6.33. The van der Waals surface area contributed by atoms with E-state index in [0.29, 0.717) is 19.6 Å². The van der Waals surface area contributed by atoms with E-state index in [4.69, 9.17) is 14.6 Å². The predicted octanol–water partition coefficient (Wildman–Crippen LogP) is 0.437. The number of amides is 1. The molecule has 0 spiro atoms. The highest BCUT2D eigenvalue weighted by atomic mass is 16.5. The molecule has 8 heteroatoms. The second-order valence-corrected chi connectivity index (χ2v) is 5.94. The molecule has 0 unspecified atom stereocenters. The van der Waals surface area contributed by atoms with E-state index < -0.39 is 5.97 Å². The van der Waals surface area contributed by atoms with Crippen LogP contribution in [0.2, 0.25) is 0 Å². The van der Waals surface area contributed by atoms with Crippen molar-refractivity contribution < 1.29 is 24.2 Å². The maximum Gasteiger partial charge on any atom is 0.329 e. The molecule has 1 fully saturated rings. The molecule has 1 saturated heterocycles. The number of nitrogens with zero attached hydrogens (tertiary/aromatic N) is 2. The molecule has 0 radical (unpaired) electrons. The van der Waals surface area contributed by atoms with Gasteiger partial charge in [-0.1, -0.05) is 6.92 Å². The average Bonchev–Trinajstić information content (AvgIpc) is 2.79. The molecule has 2 N–H and O–H groups in total. The van der Waals surface area contributed by atoms with Crippen molar-refractivity contribution in [1.29, 1.82) is 0 Å². The van der Waals surface area contributed by atoms with Gasteiger partial charge in [-0.25, -0.2) is 4.79 Å². The van der Waals surface area contributed by atoms with E-state index >= 15 is 0 Å². The van der Waals surface area contributed by atoms with Crippen molar-refractivity contribution in [2.75, 3.05) is 19.8 Å². The number of aliphatic carboxylic acids is 1. The Balaban J connectivity index is 1.96. The molecule has 0 bridgehead atoms. The first-order valence-corrected chi connectivity index (χ1v) is 8.15. The molecule has 24 heavy (non-hydrogen) atoms. The van der Waals surface area contributed by atoms with E-state index in [9.17, 15) is 9.59 Å². The Morgan fingerprint density at radius 2 is 2.21 bits per heavy atom. The highest BCUT2D eigenvalue weighted by Gasteiger charge is 2.28. The molecule has 1 aliphatic heterocycles. The van der Waals surface area contributed by atoms with Crippen molar-refractivity contribution >= 4 is 11.9 Å². The molecule has 0 aliphatic carbocycles. The molecule has 1 aliphatic rings. The van der Waals surface area contributed by atoms with Crippen molar-refractivity contribution in [2.45, 2.75) is 52.3 Å². The highest BCUT2D eigenvalue weighted by molar-refractivity contribution is 5.76. The Labute approximate surface area is 141 Å². The zero-order valence-corrected chi connectivity index (χ0v) is 14.4. The standard InChI is InChI=1S/C16H25N3O5/c1-4-12-10(2)18-19(11(12)3)7-15(20)17-13-8-23-6-5-14(13)24-9-16(21)22/h13-14H,4-9H2,1-3H3,(H,17,20)(H,21,22)/t13-,14+/m1/s1. The van der Waals surface area contributed by atoms with Crippen LogP contribution in [0.1, 0.15) is 30.3 Å². The van der Waals surface area contributed by atoms with Crippen LogP contribution in [-0.2, 0) is 32.0 Å². The van der Waals surface area contributed by atoms with Crippen LogP contribution in [-0.4, -0.2) is 58.7 Å². The molecule has 1 amide bonds. The zero-order chi connectivity index (χ0) is 17.7. The molecular weight excluding hydrogens is 314 g/mol. The van der Waals surface area contributed by atoms with Gasteiger partial charge < -0.3 is 19.9 Å². The Bertz CT molecular complexity index is 599. The third-order valence-electron chi connectivity index (χ3n) is 4.24. The second kappa shape index (κ2) is 8.25. The smallest absolute Gasteiger partial charge is 0.329 e. The third kappa shape index (κ3) is 4.55. The summed E-state index contributed by atoms with van der Waals surface area (Å²) in [5, 5.41) is 16.0. The lowest BCUT2D eigenvalue weighted by molar-refractivity contribution is -0.148. The van der Waals surface area contributed by atoms with E-state index in [2.05, 4.69) is 17.3 Å². The lowest BCUT2D eigenvalue weighted by Crippen LogP contribution is -2.51. The first-order valence-electron chi connectivity index (χ1n) is 8.15. The lowest BCUT2D eigenvalue weighted by Gasteiger charge is -2.31. The van der Waals surface area contributed by atoms with Crippen molar-refractivity contribution in [3.05, 3.63) is 17.0 Å². The van der Waals surface area contributed by atoms with Gasteiger partial charge in [0.1, 0.15) is 13.2 Å². The molecule has 1 aromatic rings. The SMILES string of the molecule is CCc1c(C)nn(CC(=O)N[C@@H]2COCC[C@@H]2OCC(=O)O)c1C. The van der Waals surface area contributed by atoms with Crippen molar-refractivity contribution in [3.8, 4) is 0 Å². The average molecular weight is 339 g/mol. The quantitative estimate of drug-likeness (QED) is 0.747. The number of ether oxygens (including phenoxy) is 2. The highest BCUT2D eigenvalue weighted by Crippen LogP contribution is 2.14.